The van der Waals surface area contributed by atoms with Crippen LogP contribution in [0.5, 0.6) is 0 Å². The van der Waals surface area contributed by atoms with Crippen LogP contribution in [-0.2, 0) is 4.74 Å². The monoisotopic (exact) mass is 250 g/mol. The van der Waals surface area contributed by atoms with Crippen LogP contribution >= 0.6 is 0 Å². The van der Waals surface area contributed by atoms with Crippen molar-refractivity contribution in [2.45, 2.75) is 26.3 Å². The van der Waals surface area contributed by atoms with E-state index in [2.05, 4.69) is 57.0 Å². The van der Waals surface area contributed by atoms with Crippen LogP contribution in [0.1, 0.15) is 19.4 Å². The molecule has 0 aliphatic rings. The fourth-order valence-corrected chi connectivity index (χ4v) is 2.43. The van der Waals surface area contributed by atoms with Crippen molar-refractivity contribution in [3.8, 4) is 0 Å². The molecule has 1 atom stereocenters. The van der Waals surface area contributed by atoms with Gasteiger partial charge in [0, 0.05) is 26.4 Å². The molecule has 0 radical (unpaired) electrons. The zero-order valence-corrected chi connectivity index (χ0v) is 12.2. The predicted molar refractivity (Wildman–Crippen MR) is 78.1 cm³/mol. The summed E-state index contributed by atoms with van der Waals surface area (Å²) in [7, 11) is 3.83. The molecule has 3 nitrogen and oxygen atoms in total. The number of likely N-dealkylation sites (N-methyl/N-ethyl adjacent to an activating group) is 1. The Kier molecular flexibility index (Phi) is 5.17. The van der Waals surface area contributed by atoms with Crippen molar-refractivity contribution >= 4 is 5.69 Å². The van der Waals surface area contributed by atoms with E-state index in [-0.39, 0.29) is 5.54 Å². The Bertz CT molecular complexity index is 379. The Labute approximate surface area is 111 Å². The van der Waals surface area contributed by atoms with Crippen molar-refractivity contribution < 1.29 is 4.74 Å². The minimum Gasteiger partial charge on any atom is -0.382 e. The second-order valence-corrected chi connectivity index (χ2v) is 5.29. The first kappa shape index (κ1) is 15.0. The third-order valence-electron chi connectivity index (χ3n) is 3.88. The molecule has 0 bridgehead atoms. The molecular weight excluding hydrogens is 224 g/mol. The zero-order chi connectivity index (χ0) is 13.8. The fourth-order valence-electron chi connectivity index (χ4n) is 2.43. The number of aryl methyl sites for hydroxylation is 1. The standard InChI is InChI=1S/C15H26N2O/c1-12(2)15(10-16,11-18-5)17(4)14-8-6-7-13(3)9-14/h6-9,12H,10-11,16H2,1-5H3. The average Bonchev–Trinajstić information content (AvgIpc) is 2.34. The fraction of sp³-hybridized carbons (Fsp3) is 0.600. The normalized spacial score (nSPS) is 14.6. The smallest absolute Gasteiger partial charge is 0.0776 e. The molecule has 1 aromatic carbocycles. The van der Waals surface area contributed by atoms with Crippen LogP contribution in [0, 0.1) is 12.8 Å². The first-order valence-electron chi connectivity index (χ1n) is 6.47. The summed E-state index contributed by atoms with van der Waals surface area (Å²) in [5.74, 6) is 0.410. The number of hydrogen-bond acceptors (Lipinski definition) is 3. The predicted octanol–water partition coefficient (Wildman–Crippen LogP) is 2.43. The molecule has 0 saturated heterocycles. The van der Waals surface area contributed by atoms with E-state index in [4.69, 9.17) is 10.5 Å². The number of nitrogens with zero attached hydrogens (tertiary/aromatic N) is 1. The topological polar surface area (TPSA) is 38.5 Å². The highest BCUT2D eigenvalue weighted by molar-refractivity contribution is 5.50. The first-order valence-corrected chi connectivity index (χ1v) is 6.47. The van der Waals surface area contributed by atoms with Gasteiger partial charge in [-0.25, -0.2) is 0 Å². The van der Waals surface area contributed by atoms with Crippen molar-refractivity contribution in [3.63, 3.8) is 0 Å². The maximum atomic E-state index is 6.05. The van der Waals surface area contributed by atoms with Gasteiger partial charge in [0.1, 0.15) is 0 Å². The van der Waals surface area contributed by atoms with Gasteiger partial charge in [0.2, 0.25) is 0 Å². The van der Waals surface area contributed by atoms with Crippen molar-refractivity contribution in [3.05, 3.63) is 29.8 Å². The summed E-state index contributed by atoms with van der Waals surface area (Å²) in [5, 5.41) is 0. The lowest BCUT2D eigenvalue weighted by Gasteiger charge is -2.45. The van der Waals surface area contributed by atoms with E-state index in [1.54, 1.807) is 7.11 Å². The summed E-state index contributed by atoms with van der Waals surface area (Å²) in [6.07, 6.45) is 0. The third kappa shape index (κ3) is 2.85. The van der Waals surface area contributed by atoms with Crippen LogP contribution in [0.15, 0.2) is 24.3 Å². The second kappa shape index (κ2) is 6.21. The largest absolute Gasteiger partial charge is 0.382 e. The average molecular weight is 250 g/mol. The summed E-state index contributed by atoms with van der Waals surface area (Å²) in [5.41, 5.74) is 8.33. The van der Waals surface area contributed by atoms with Crippen LogP contribution in [0.25, 0.3) is 0 Å². The number of nitrogens with two attached hydrogens (primary N) is 1. The van der Waals surface area contributed by atoms with Gasteiger partial charge in [0.15, 0.2) is 0 Å². The Hall–Kier alpha value is -1.06. The summed E-state index contributed by atoms with van der Waals surface area (Å²) >= 11 is 0. The molecule has 1 aromatic rings. The van der Waals surface area contributed by atoms with Crippen LogP contribution in [0.4, 0.5) is 5.69 Å². The molecule has 0 heterocycles. The van der Waals surface area contributed by atoms with E-state index in [1.807, 2.05) is 0 Å². The third-order valence-corrected chi connectivity index (χ3v) is 3.88. The summed E-state index contributed by atoms with van der Waals surface area (Å²) in [6.45, 7) is 7.69. The lowest BCUT2D eigenvalue weighted by atomic mass is 9.85. The molecule has 0 saturated carbocycles. The minimum absolute atomic E-state index is 0.164. The lowest BCUT2D eigenvalue weighted by molar-refractivity contribution is 0.106. The van der Waals surface area contributed by atoms with Crippen LogP contribution < -0.4 is 10.6 Å². The molecule has 0 spiro atoms. The molecule has 0 fully saturated rings. The molecule has 1 rings (SSSR count). The van der Waals surface area contributed by atoms with Gasteiger partial charge in [-0.1, -0.05) is 26.0 Å². The molecule has 1 unspecified atom stereocenters. The van der Waals surface area contributed by atoms with Gasteiger partial charge in [0.25, 0.3) is 0 Å². The molecule has 0 aliphatic heterocycles. The first-order chi connectivity index (χ1) is 8.47. The SMILES string of the molecule is COCC(CN)(C(C)C)N(C)c1cccc(C)c1. The molecule has 18 heavy (non-hydrogen) atoms. The second-order valence-electron chi connectivity index (χ2n) is 5.29. The van der Waals surface area contributed by atoms with Gasteiger partial charge < -0.3 is 15.4 Å². The highest BCUT2D eigenvalue weighted by Gasteiger charge is 2.37. The molecular formula is C15H26N2O. The number of methoxy groups -OCH3 is 1. The zero-order valence-electron chi connectivity index (χ0n) is 12.2. The van der Waals surface area contributed by atoms with Crippen LogP contribution in [0.3, 0.4) is 0 Å². The number of benzene rings is 1. The highest BCUT2D eigenvalue weighted by atomic mass is 16.5. The van der Waals surface area contributed by atoms with Gasteiger partial charge in [0.05, 0.1) is 12.1 Å². The molecule has 2 N–H and O–H groups in total. The van der Waals surface area contributed by atoms with E-state index in [0.717, 1.165) is 0 Å². The molecule has 0 amide bonds. The number of ether oxygens (including phenoxy) is 1. The van der Waals surface area contributed by atoms with Gasteiger partial charge >= 0.3 is 0 Å². The van der Waals surface area contributed by atoms with E-state index < -0.39 is 0 Å². The van der Waals surface area contributed by atoms with Crippen molar-refractivity contribution in [1.82, 2.24) is 0 Å². The Morgan fingerprint density at radius 2 is 2.06 bits per heavy atom. The molecule has 0 aliphatic carbocycles. The highest BCUT2D eigenvalue weighted by Crippen LogP contribution is 2.29. The Balaban J connectivity index is 3.12. The maximum Gasteiger partial charge on any atom is 0.0776 e. The quantitative estimate of drug-likeness (QED) is 0.842. The van der Waals surface area contributed by atoms with Gasteiger partial charge in [-0.2, -0.15) is 0 Å². The van der Waals surface area contributed by atoms with E-state index >= 15 is 0 Å². The van der Waals surface area contributed by atoms with Crippen molar-refractivity contribution in [2.24, 2.45) is 11.7 Å². The van der Waals surface area contributed by atoms with Crippen LogP contribution in [-0.4, -0.2) is 32.8 Å². The Morgan fingerprint density at radius 1 is 1.39 bits per heavy atom. The number of anilines is 1. The lowest BCUT2D eigenvalue weighted by Crippen LogP contribution is -2.59. The van der Waals surface area contributed by atoms with Crippen molar-refractivity contribution in [1.29, 1.82) is 0 Å². The molecule has 0 aromatic heterocycles. The number of rotatable bonds is 6. The van der Waals surface area contributed by atoms with Crippen LogP contribution in [0.2, 0.25) is 0 Å². The summed E-state index contributed by atoms with van der Waals surface area (Å²) in [6, 6.07) is 8.49. The van der Waals surface area contributed by atoms with Crippen molar-refractivity contribution in [2.75, 3.05) is 32.2 Å². The van der Waals surface area contributed by atoms with E-state index in [1.165, 1.54) is 11.3 Å². The summed E-state index contributed by atoms with van der Waals surface area (Å²) in [4.78, 5) is 2.26. The van der Waals surface area contributed by atoms with E-state index in [9.17, 15) is 0 Å². The number of hydrogen-bond donors (Lipinski definition) is 1. The molecule has 3 heteroatoms. The molecule has 102 valence electrons. The summed E-state index contributed by atoms with van der Waals surface area (Å²) < 4.78 is 5.41. The maximum absolute atomic E-state index is 6.05. The Morgan fingerprint density at radius 3 is 2.50 bits per heavy atom. The minimum atomic E-state index is -0.164. The van der Waals surface area contributed by atoms with E-state index in [0.29, 0.717) is 19.1 Å². The van der Waals surface area contributed by atoms with Gasteiger partial charge in [-0.15, -0.1) is 0 Å². The van der Waals surface area contributed by atoms with Gasteiger partial charge in [-0.05, 0) is 30.5 Å². The van der Waals surface area contributed by atoms with Gasteiger partial charge in [-0.3, -0.25) is 0 Å².